The zero-order valence-electron chi connectivity index (χ0n) is 11.0. The van der Waals surface area contributed by atoms with Crippen LogP contribution in [0, 0.1) is 12.8 Å². The van der Waals surface area contributed by atoms with Crippen LogP contribution in [-0.4, -0.2) is 34.0 Å². The fourth-order valence-electron chi connectivity index (χ4n) is 2.52. The van der Waals surface area contributed by atoms with E-state index in [4.69, 9.17) is 5.11 Å². The van der Waals surface area contributed by atoms with E-state index in [1.165, 1.54) is 0 Å². The normalized spacial score (nSPS) is 19.7. The molecule has 1 N–H and O–H groups in total. The van der Waals surface area contributed by atoms with Crippen LogP contribution in [0.2, 0.25) is 0 Å². The van der Waals surface area contributed by atoms with Gasteiger partial charge in [0.2, 0.25) is 0 Å². The summed E-state index contributed by atoms with van der Waals surface area (Å²) < 4.78 is 0. The number of aliphatic carboxylic acids is 1. The molecule has 1 aliphatic rings. The molecule has 0 saturated carbocycles. The van der Waals surface area contributed by atoms with Gasteiger partial charge in [0, 0.05) is 11.7 Å². The van der Waals surface area contributed by atoms with Crippen LogP contribution in [0.1, 0.15) is 37.2 Å². The molecule has 1 aromatic heterocycles. The first-order chi connectivity index (χ1) is 8.58. The van der Waals surface area contributed by atoms with Crippen LogP contribution in [0.15, 0.2) is 18.2 Å². The number of rotatable bonds is 3. The van der Waals surface area contributed by atoms with E-state index in [1.54, 1.807) is 0 Å². The summed E-state index contributed by atoms with van der Waals surface area (Å²) >= 11 is 0. The van der Waals surface area contributed by atoms with E-state index in [0.717, 1.165) is 37.3 Å². The van der Waals surface area contributed by atoms with Crippen LogP contribution < -0.4 is 0 Å². The van der Waals surface area contributed by atoms with E-state index in [-0.39, 0.29) is 12.0 Å². The molecule has 1 fully saturated rings. The molecule has 0 amide bonds. The van der Waals surface area contributed by atoms with E-state index >= 15 is 0 Å². The second-order valence-corrected chi connectivity index (χ2v) is 5.03. The van der Waals surface area contributed by atoms with Gasteiger partial charge in [-0.25, -0.2) is 0 Å². The van der Waals surface area contributed by atoms with E-state index < -0.39 is 5.97 Å². The molecule has 2 rings (SSSR count). The van der Waals surface area contributed by atoms with Crippen LogP contribution in [0.4, 0.5) is 0 Å². The summed E-state index contributed by atoms with van der Waals surface area (Å²) in [5.41, 5.74) is 2.10. The highest BCUT2D eigenvalue weighted by Crippen LogP contribution is 2.25. The summed E-state index contributed by atoms with van der Waals surface area (Å²) in [7, 11) is 0. The van der Waals surface area contributed by atoms with E-state index in [2.05, 4.69) is 16.8 Å². The fourth-order valence-corrected chi connectivity index (χ4v) is 2.52. The van der Waals surface area contributed by atoms with Gasteiger partial charge in [0.25, 0.3) is 0 Å². The Morgan fingerprint density at radius 3 is 2.67 bits per heavy atom. The smallest absolute Gasteiger partial charge is 0.306 e. The van der Waals surface area contributed by atoms with Gasteiger partial charge in [0.15, 0.2) is 0 Å². The first-order valence-electron chi connectivity index (χ1n) is 6.48. The summed E-state index contributed by atoms with van der Waals surface area (Å²) in [5.74, 6) is -0.824. The van der Waals surface area contributed by atoms with Crippen molar-refractivity contribution in [2.75, 3.05) is 13.1 Å². The minimum absolute atomic E-state index is 0.168. The molecule has 1 unspecified atom stereocenters. The molecule has 1 aromatic rings. The SMILES string of the molecule is Cc1cccc(C(C)N2CCC(C(=O)O)CC2)n1. The summed E-state index contributed by atoms with van der Waals surface area (Å²) in [4.78, 5) is 17.8. The van der Waals surface area contributed by atoms with Crippen LogP contribution in [0.25, 0.3) is 0 Å². The molecule has 98 valence electrons. The third kappa shape index (κ3) is 2.88. The lowest BCUT2D eigenvalue weighted by atomic mass is 9.95. The summed E-state index contributed by atoms with van der Waals surface area (Å²) in [5, 5.41) is 8.99. The Balaban J connectivity index is 1.99. The third-order valence-electron chi connectivity index (χ3n) is 3.76. The van der Waals surface area contributed by atoms with Crippen molar-refractivity contribution < 1.29 is 9.90 Å². The quantitative estimate of drug-likeness (QED) is 0.891. The molecule has 0 spiro atoms. The maximum atomic E-state index is 10.9. The van der Waals surface area contributed by atoms with Gasteiger partial charge in [-0.05, 0) is 51.9 Å². The number of carboxylic acid groups (broad SMARTS) is 1. The van der Waals surface area contributed by atoms with Crippen molar-refractivity contribution in [1.29, 1.82) is 0 Å². The number of nitrogens with zero attached hydrogens (tertiary/aromatic N) is 2. The summed E-state index contributed by atoms with van der Waals surface area (Å²) in [6, 6.07) is 6.33. The van der Waals surface area contributed by atoms with Crippen molar-refractivity contribution in [1.82, 2.24) is 9.88 Å². The Bertz CT molecular complexity index is 426. The maximum Gasteiger partial charge on any atom is 0.306 e. The first-order valence-corrected chi connectivity index (χ1v) is 6.48. The minimum atomic E-state index is -0.656. The second-order valence-electron chi connectivity index (χ2n) is 5.03. The Labute approximate surface area is 108 Å². The maximum absolute atomic E-state index is 10.9. The Morgan fingerprint density at radius 2 is 2.11 bits per heavy atom. The Morgan fingerprint density at radius 1 is 1.44 bits per heavy atom. The van der Waals surface area contributed by atoms with E-state index in [9.17, 15) is 4.79 Å². The van der Waals surface area contributed by atoms with Crippen molar-refractivity contribution in [3.8, 4) is 0 Å². The summed E-state index contributed by atoms with van der Waals surface area (Å²) in [6.45, 7) is 5.82. The molecule has 2 heterocycles. The Hall–Kier alpha value is -1.42. The number of piperidine rings is 1. The lowest BCUT2D eigenvalue weighted by molar-refractivity contribution is -0.143. The van der Waals surface area contributed by atoms with Gasteiger partial charge in [-0.1, -0.05) is 6.07 Å². The molecule has 0 aromatic carbocycles. The highest BCUT2D eigenvalue weighted by Gasteiger charge is 2.27. The average Bonchev–Trinajstić information content (AvgIpc) is 2.38. The van der Waals surface area contributed by atoms with Gasteiger partial charge < -0.3 is 5.11 Å². The molecule has 0 radical (unpaired) electrons. The number of hydrogen-bond acceptors (Lipinski definition) is 3. The third-order valence-corrected chi connectivity index (χ3v) is 3.76. The molecule has 1 saturated heterocycles. The fraction of sp³-hybridized carbons (Fsp3) is 0.571. The lowest BCUT2D eigenvalue weighted by Gasteiger charge is -2.34. The number of carboxylic acids is 1. The van der Waals surface area contributed by atoms with Crippen molar-refractivity contribution in [3.05, 3.63) is 29.6 Å². The number of likely N-dealkylation sites (tertiary alicyclic amines) is 1. The number of aromatic nitrogens is 1. The number of aryl methyl sites for hydroxylation is 1. The largest absolute Gasteiger partial charge is 0.481 e. The monoisotopic (exact) mass is 248 g/mol. The van der Waals surface area contributed by atoms with Gasteiger partial charge >= 0.3 is 5.97 Å². The molecule has 0 aliphatic carbocycles. The number of carbonyl (C=O) groups is 1. The van der Waals surface area contributed by atoms with Gasteiger partial charge in [-0.15, -0.1) is 0 Å². The average molecular weight is 248 g/mol. The van der Waals surface area contributed by atoms with Crippen LogP contribution >= 0.6 is 0 Å². The van der Waals surface area contributed by atoms with E-state index in [0.29, 0.717) is 0 Å². The zero-order chi connectivity index (χ0) is 13.1. The molecule has 4 heteroatoms. The van der Waals surface area contributed by atoms with Gasteiger partial charge in [0.1, 0.15) is 0 Å². The number of pyridine rings is 1. The molecule has 1 aliphatic heterocycles. The molecule has 4 nitrogen and oxygen atoms in total. The second kappa shape index (κ2) is 5.48. The van der Waals surface area contributed by atoms with Crippen molar-refractivity contribution in [3.63, 3.8) is 0 Å². The van der Waals surface area contributed by atoms with Gasteiger partial charge in [-0.3, -0.25) is 14.7 Å². The van der Waals surface area contributed by atoms with Crippen LogP contribution in [0.3, 0.4) is 0 Å². The molecule has 0 bridgehead atoms. The molecular weight excluding hydrogens is 228 g/mol. The van der Waals surface area contributed by atoms with Crippen molar-refractivity contribution >= 4 is 5.97 Å². The topological polar surface area (TPSA) is 53.4 Å². The standard InChI is InChI=1S/C14H20N2O2/c1-10-4-3-5-13(15-10)11(2)16-8-6-12(7-9-16)14(17)18/h3-5,11-12H,6-9H2,1-2H3,(H,17,18). The number of hydrogen-bond donors (Lipinski definition) is 1. The molecular formula is C14H20N2O2. The lowest BCUT2D eigenvalue weighted by Crippen LogP contribution is -2.38. The van der Waals surface area contributed by atoms with E-state index in [1.807, 2.05) is 25.1 Å². The molecule has 1 atom stereocenters. The predicted molar refractivity (Wildman–Crippen MR) is 69.3 cm³/mol. The Kier molecular flexibility index (Phi) is 3.97. The zero-order valence-corrected chi connectivity index (χ0v) is 11.0. The first kappa shape index (κ1) is 13.0. The predicted octanol–water partition coefficient (Wildman–Crippen LogP) is 2.25. The minimum Gasteiger partial charge on any atom is -0.481 e. The van der Waals surface area contributed by atoms with Gasteiger partial charge in [-0.2, -0.15) is 0 Å². The van der Waals surface area contributed by atoms with Crippen LogP contribution in [-0.2, 0) is 4.79 Å². The van der Waals surface area contributed by atoms with Crippen molar-refractivity contribution in [2.24, 2.45) is 5.92 Å². The van der Waals surface area contributed by atoms with Crippen LogP contribution in [0.5, 0.6) is 0 Å². The van der Waals surface area contributed by atoms with Gasteiger partial charge in [0.05, 0.1) is 11.6 Å². The summed E-state index contributed by atoms with van der Waals surface area (Å²) in [6.07, 6.45) is 1.48. The molecule has 18 heavy (non-hydrogen) atoms. The highest BCUT2D eigenvalue weighted by atomic mass is 16.4. The van der Waals surface area contributed by atoms with Crippen molar-refractivity contribution in [2.45, 2.75) is 32.7 Å². The highest BCUT2D eigenvalue weighted by molar-refractivity contribution is 5.70.